The Hall–Kier alpha value is -2.60. The number of allylic oxidation sites excluding steroid dienone is 2. The maximum Gasteiger partial charge on any atom is -1.00 e. The van der Waals surface area contributed by atoms with Gasteiger partial charge in [-0.3, -0.25) is 0 Å². The van der Waals surface area contributed by atoms with Gasteiger partial charge in [0.2, 0.25) is 0 Å². The summed E-state index contributed by atoms with van der Waals surface area (Å²) in [6, 6.07) is 24.3. The molecule has 2 fully saturated rings. The van der Waals surface area contributed by atoms with Gasteiger partial charge in [0.1, 0.15) is 0 Å². The summed E-state index contributed by atoms with van der Waals surface area (Å²) in [5, 5.41) is 0. The third-order valence-corrected chi connectivity index (χ3v) is 29.6. The third kappa shape index (κ3) is 7.38. The van der Waals surface area contributed by atoms with Crippen molar-refractivity contribution in [3.63, 3.8) is 0 Å². The SMILES string of the molecule is CC(C)CC1=Cc2c(-c3ccc(C(F)(F)F)cc3)cccc2[CH]1[Zr+2]1([CH]2C(CC(C)C)=Cc3c(-c4ccc(C(F)(F)F)cc4)cccc32)[CH]2CCCC[CH]21.[Cl-].[Cl-]. The van der Waals surface area contributed by atoms with E-state index in [0.29, 0.717) is 19.1 Å². The quantitative estimate of drug-likeness (QED) is 0.155. The van der Waals surface area contributed by atoms with E-state index in [1.807, 2.05) is 0 Å². The van der Waals surface area contributed by atoms with Gasteiger partial charge < -0.3 is 24.8 Å². The van der Waals surface area contributed by atoms with Crippen LogP contribution >= 0.6 is 0 Å². The van der Waals surface area contributed by atoms with Crippen LogP contribution in [0.3, 0.4) is 0 Å². The summed E-state index contributed by atoms with van der Waals surface area (Å²) in [5.74, 6) is 0.897. The first-order valence-corrected chi connectivity index (χ1v) is 24.9. The van der Waals surface area contributed by atoms with E-state index in [-0.39, 0.29) is 24.8 Å². The molecule has 3 aliphatic carbocycles. The van der Waals surface area contributed by atoms with Gasteiger partial charge in [0.05, 0.1) is 0 Å². The topological polar surface area (TPSA) is 0 Å². The third-order valence-electron chi connectivity index (χ3n) is 12.6. The van der Waals surface area contributed by atoms with E-state index in [1.54, 1.807) is 24.3 Å². The maximum absolute atomic E-state index is 13.5. The van der Waals surface area contributed by atoms with Crippen molar-refractivity contribution in [2.75, 3.05) is 0 Å². The Morgan fingerprint density at radius 2 is 0.909 bits per heavy atom. The van der Waals surface area contributed by atoms with Crippen molar-refractivity contribution in [3.8, 4) is 22.3 Å². The van der Waals surface area contributed by atoms with Crippen LogP contribution in [0.1, 0.15) is 107 Å². The molecule has 55 heavy (non-hydrogen) atoms. The van der Waals surface area contributed by atoms with Gasteiger partial charge in [0.25, 0.3) is 0 Å². The molecule has 8 rings (SSSR count). The van der Waals surface area contributed by atoms with E-state index < -0.39 is 43.7 Å². The van der Waals surface area contributed by atoms with Crippen molar-refractivity contribution >= 4 is 12.2 Å². The summed E-state index contributed by atoms with van der Waals surface area (Å²) in [4.78, 5) is 0. The van der Waals surface area contributed by atoms with Crippen molar-refractivity contribution < 1.29 is 71.4 Å². The predicted molar refractivity (Wildman–Crippen MR) is 200 cm³/mol. The molecule has 4 atom stereocenters. The normalized spacial score (nSPS) is 22.8. The molecule has 1 aliphatic heterocycles. The average molecular weight is 875 g/mol. The predicted octanol–water partition coefficient (Wildman–Crippen LogP) is 9.05. The van der Waals surface area contributed by atoms with Crippen LogP contribution < -0.4 is 24.8 Å². The zero-order valence-electron chi connectivity index (χ0n) is 31.5. The van der Waals surface area contributed by atoms with Crippen LogP contribution in [0.15, 0.2) is 96.1 Å². The first kappa shape index (κ1) is 42.0. The Morgan fingerprint density at radius 3 is 1.24 bits per heavy atom. The number of hydrogen-bond acceptors (Lipinski definition) is 0. The fraction of sp³-hybridized carbons (Fsp3) is 0.391. The molecule has 1 saturated carbocycles. The van der Waals surface area contributed by atoms with Crippen molar-refractivity contribution in [1.29, 1.82) is 0 Å². The molecule has 0 spiro atoms. The first-order chi connectivity index (χ1) is 25.2. The standard InChI is InChI=1S/2C20H18F3.C6H10.2ClH.Zr/c2*1-13(2)10-14-11-16-4-3-5-18(19(16)12-14)15-6-8-17(9-7-15)20(21,22)23;1-2-4-6-5-3-1;;;/h2*3-9,11-13H,10H2,1-2H3;1-2H,3-6H2;2*1H;/q;;;;;+2/p-2. The average Bonchev–Trinajstić information content (AvgIpc) is 3.38. The molecule has 0 radical (unpaired) electrons. The van der Waals surface area contributed by atoms with Crippen LogP contribution in [0.4, 0.5) is 26.3 Å². The molecular weight excluding hydrogens is 829 g/mol. The number of fused-ring (bicyclic) bond motifs is 3. The van der Waals surface area contributed by atoms with Crippen molar-refractivity contribution in [2.45, 2.75) is 93.1 Å². The van der Waals surface area contributed by atoms with Gasteiger partial charge in [-0.1, -0.05) is 0 Å². The first-order valence-electron chi connectivity index (χ1n) is 19.2. The van der Waals surface area contributed by atoms with Crippen LogP contribution in [-0.2, 0) is 32.6 Å². The van der Waals surface area contributed by atoms with E-state index in [1.165, 1.54) is 83.3 Å². The molecule has 0 amide bonds. The van der Waals surface area contributed by atoms with E-state index in [2.05, 4.69) is 76.2 Å². The van der Waals surface area contributed by atoms with Crippen LogP contribution in [0.5, 0.6) is 0 Å². The molecule has 4 unspecified atom stereocenters. The van der Waals surface area contributed by atoms with Gasteiger partial charge in [-0.05, 0) is 0 Å². The summed E-state index contributed by atoms with van der Waals surface area (Å²) in [7, 11) is 0. The molecule has 0 N–H and O–H groups in total. The smallest absolute Gasteiger partial charge is 1.00 e. The second-order valence-electron chi connectivity index (χ2n) is 16.8. The number of alkyl halides is 6. The molecule has 0 aromatic heterocycles. The monoisotopic (exact) mass is 872 g/mol. The van der Waals surface area contributed by atoms with E-state index in [4.69, 9.17) is 0 Å². The van der Waals surface area contributed by atoms with Crippen LogP contribution in [0.25, 0.3) is 34.4 Å². The van der Waals surface area contributed by atoms with Crippen LogP contribution in [-0.4, -0.2) is 0 Å². The minimum absolute atomic E-state index is 0. The summed E-state index contributed by atoms with van der Waals surface area (Å²) in [6.45, 7) is 9.13. The molecule has 290 valence electrons. The number of rotatable bonds is 8. The van der Waals surface area contributed by atoms with Gasteiger partial charge in [0, 0.05) is 0 Å². The second-order valence-corrected chi connectivity index (χ2v) is 28.2. The van der Waals surface area contributed by atoms with Crippen molar-refractivity contribution in [3.05, 3.63) is 129 Å². The zero-order valence-corrected chi connectivity index (χ0v) is 35.4. The molecule has 1 heterocycles. The number of halogens is 8. The van der Waals surface area contributed by atoms with Gasteiger partial charge in [-0.2, -0.15) is 0 Å². The van der Waals surface area contributed by atoms with Crippen molar-refractivity contribution in [2.24, 2.45) is 11.8 Å². The molecular formula is C46H46Cl2F6Zr. The van der Waals surface area contributed by atoms with E-state index in [9.17, 15) is 26.3 Å². The fourth-order valence-electron chi connectivity index (χ4n) is 10.8. The maximum atomic E-state index is 13.5. The van der Waals surface area contributed by atoms with Crippen molar-refractivity contribution in [1.82, 2.24) is 0 Å². The summed E-state index contributed by atoms with van der Waals surface area (Å²) >= 11 is -3.43. The molecule has 0 bridgehead atoms. The fourth-order valence-corrected chi connectivity index (χ4v) is 33.9. The largest absolute Gasteiger partial charge is 1.00 e. The molecule has 4 aliphatic rings. The Morgan fingerprint density at radius 1 is 0.545 bits per heavy atom. The molecule has 1 saturated heterocycles. The summed E-state index contributed by atoms with van der Waals surface area (Å²) in [5.41, 5.74) is 10.5. The van der Waals surface area contributed by atoms with Gasteiger partial charge in [-0.25, -0.2) is 0 Å². The summed E-state index contributed by atoms with van der Waals surface area (Å²) in [6.07, 6.45) is 3.08. The Kier molecular flexibility index (Phi) is 11.9. The van der Waals surface area contributed by atoms with Crippen LogP contribution in [0, 0.1) is 11.8 Å². The minimum atomic E-state index is -4.39. The molecule has 4 aromatic rings. The zero-order chi connectivity index (χ0) is 37.4. The van der Waals surface area contributed by atoms with Gasteiger partial charge in [0.15, 0.2) is 0 Å². The Labute approximate surface area is 338 Å². The molecule has 4 aromatic carbocycles. The number of benzene rings is 4. The molecule has 0 nitrogen and oxygen atoms in total. The Bertz CT molecular complexity index is 1940. The van der Waals surface area contributed by atoms with Gasteiger partial charge >= 0.3 is 315 Å². The number of hydrogen-bond donors (Lipinski definition) is 0. The van der Waals surface area contributed by atoms with E-state index in [0.717, 1.165) is 42.3 Å². The minimum Gasteiger partial charge on any atom is -1.00 e. The summed E-state index contributed by atoms with van der Waals surface area (Å²) < 4.78 is 83.5. The Balaban J connectivity index is 0.00000257. The second kappa shape index (κ2) is 15.6. The van der Waals surface area contributed by atoms with Gasteiger partial charge in [-0.15, -0.1) is 0 Å². The van der Waals surface area contributed by atoms with Crippen LogP contribution in [0.2, 0.25) is 7.25 Å². The molecule has 9 heteroatoms. The van der Waals surface area contributed by atoms with E-state index >= 15 is 0 Å².